The van der Waals surface area contributed by atoms with Crippen LogP contribution in [-0.4, -0.2) is 23.3 Å². The van der Waals surface area contributed by atoms with E-state index in [9.17, 15) is 9.90 Å². The Morgan fingerprint density at radius 3 is 1.67 bits per heavy atom. The molecule has 0 spiro atoms. The van der Waals surface area contributed by atoms with Gasteiger partial charge in [0.05, 0.1) is 7.11 Å². The van der Waals surface area contributed by atoms with Crippen LogP contribution in [0.2, 0.25) is 0 Å². The molecule has 0 aromatic heterocycles. The van der Waals surface area contributed by atoms with E-state index >= 15 is 0 Å². The minimum atomic E-state index is -0.529. The van der Waals surface area contributed by atoms with Gasteiger partial charge in [0.15, 0.2) is 0 Å². The first-order valence-corrected chi connectivity index (χ1v) is 10.1. The molecule has 0 aliphatic rings. The maximum absolute atomic E-state index is 11.3. The van der Waals surface area contributed by atoms with Crippen LogP contribution in [-0.2, 0) is 4.74 Å². The Morgan fingerprint density at radius 2 is 1.13 bits per heavy atom. The number of hydrogen-bond acceptors (Lipinski definition) is 4. The van der Waals surface area contributed by atoms with Crippen molar-refractivity contribution in [2.45, 2.75) is 27.7 Å². The third-order valence-electron chi connectivity index (χ3n) is 4.00. The summed E-state index contributed by atoms with van der Waals surface area (Å²) in [5.74, 6) is -0.262. The van der Waals surface area contributed by atoms with Gasteiger partial charge in [-0.3, -0.25) is 0 Å². The van der Waals surface area contributed by atoms with E-state index in [0.29, 0.717) is 5.75 Å². The van der Waals surface area contributed by atoms with Gasteiger partial charge >= 0.3 is 5.97 Å². The van der Waals surface area contributed by atoms with Crippen molar-refractivity contribution in [3.05, 3.63) is 84.4 Å². The third-order valence-corrected chi connectivity index (χ3v) is 4.00. The van der Waals surface area contributed by atoms with Gasteiger partial charge in [0, 0.05) is 0 Å². The van der Waals surface area contributed by atoms with Crippen molar-refractivity contribution >= 4 is 27.5 Å². The van der Waals surface area contributed by atoms with Crippen LogP contribution in [0.4, 0.5) is 0 Å². The minimum Gasteiger partial charge on any atom is -0.508 e. The van der Waals surface area contributed by atoms with Crippen molar-refractivity contribution in [2.75, 3.05) is 7.11 Å². The van der Waals surface area contributed by atoms with Gasteiger partial charge in [-0.2, -0.15) is 0 Å². The summed E-state index contributed by atoms with van der Waals surface area (Å²) in [6.45, 7) is 8.00. The summed E-state index contributed by atoms with van der Waals surface area (Å²) in [7, 11) is 1.29. The van der Waals surface area contributed by atoms with Crippen LogP contribution in [0.15, 0.2) is 78.9 Å². The predicted molar refractivity (Wildman–Crippen MR) is 125 cm³/mol. The van der Waals surface area contributed by atoms with Crippen molar-refractivity contribution in [3.8, 4) is 11.5 Å². The number of phenols is 2. The van der Waals surface area contributed by atoms with E-state index in [2.05, 4.69) is 4.74 Å². The molecule has 0 radical (unpaired) electrons. The number of fused-ring (bicyclic) bond motifs is 2. The van der Waals surface area contributed by atoms with Crippen LogP contribution in [0.5, 0.6) is 11.5 Å². The largest absolute Gasteiger partial charge is 0.508 e. The zero-order valence-corrected chi connectivity index (χ0v) is 18.2. The van der Waals surface area contributed by atoms with Gasteiger partial charge in [0.2, 0.25) is 0 Å². The molecule has 4 heteroatoms. The molecule has 158 valence electrons. The molecule has 4 aromatic rings. The molecule has 0 saturated heterocycles. The second-order valence-electron chi connectivity index (χ2n) is 5.74. The molecule has 0 heterocycles. The van der Waals surface area contributed by atoms with Crippen LogP contribution in [0.3, 0.4) is 0 Å². The molecule has 0 aliphatic carbocycles. The first-order chi connectivity index (χ1) is 14.6. The maximum atomic E-state index is 11.3. The lowest BCUT2D eigenvalue weighted by atomic mass is 10.1. The van der Waals surface area contributed by atoms with Gasteiger partial charge in [-0.1, -0.05) is 82.3 Å². The van der Waals surface area contributed by atoms with E-state index in [0.717, 1.165) is 21.5 Å². The number of phenolic OH excluding ortho intramolecular Hbond substituents is 2. The molecule has 30 heavy (non-hydrogen) atoms. The standard InChI is InChI=1S/C12H10O3.C10H8O.2C2H6/c1-15-12(14)10-6-8-4-2-3-5-9(8)7-11(10)13;11-10-6-5-8-3-1-2-4-9(8)7-10;2*1-2/h2-7,13H,1H3;1-7,11H;2*1-2H3. The normalized spacial score (nSPS) is 9.23. The molecule has 0 amide bonds. The molecule has 0 atom stereocenters. The Hall–Kier alpha value is -3.53. The second-order valence-corrected chi connectivity index (χ2v) is 5.74. The Morgan fingerprint density at radius 1 is 0.667 bits per heavy atom. The summed E-state index contributed by atoms with van der Waals surface area (Å²) in [4.78, 5) is 11.3. The Bertz CT molecular complexity index is 1070. The topological polar surface area (TPSA) is 66.8 Å². The van der Waals surface area contributed by atoms with Crippen LogP contribution < -0.4 is 0 Å². The smallest absolute Gasteiger partial charge is 0.341 e. The van der Waals surface area contributed by atoms with E-state index in [-0.39, 0.29) is 11.3 Å². The van der Waals surface area contributed by atoms with Crippen molar-refractivity contribution in [3.63, 3.8) is 0 Å². The highest BCUT2D eigenvalue weighted by Crippen LogP contribution is 2.25. The summed E-state index contributed by atoms with van der Waals surface area (Å²) >= 11 is 0. The van der Waals surface area contributed by atoms with Crippen molar-refractivity contribution < 1.29 is 19.7 Å². The number of carbonyl (C=O) groups excluding carboxylic acids is 1. The van der Waals surface area contributed by atoms with E-state index in [4.69, 9.17) is 5.11 Å². The highest BCUT2D eigenvalue weighted by atomic mass is 16.5. The van der Waals surface area contributed by atoms with Crippen LogP contribution in [0.1, 0.15) is 38.1 Å². The number of esters is 1. The molecule has 4 aromatic carbocycles. The molecule has 0 unspecified atom stereocenters. The van der Waals surface area contributed by atoms with Crippen molar-refractivity contribution in [1.82, 2.24) is 0 Å². The molecule has 2 N–H and O–H groups in total. The van der Waals surface area contributed by atoms with Crippen molar-refractivity contribution in [1.29, 1.82) is 0 Å². The Kier molecular flexibility index (Phi) is 10.5. The SMILES string of the molecule is CC.CC.COC(=O)c1cc2ccccc2cc1O.Oc1ccc2ccccc2c1. The lowest BCUT2D eigenvalue weighted by Gasteiger charge is -2.04. The lowest BCUT2D eigenvalue weighted by Crippen LogP contribution is -2.01. The fourth-order valence-electron chi connectivity index (χ4n) is 2.68. The first-order valence-electron chi connectivity index (χ1n) is 10.1. The van der Waals surface area contributed by atoms with Crippen LogP contribution >= 0.6 is 0 Å². The number of ether oxygens (including phenoxy) is 1. The molecule has 0 saturated carbocycles. The van der Waals surface area contributed by atoms with Gasteiger partial charge in [0.1, 0.15) is 17.1 Å². The summed E-state index contributed by atoms with van der Waals surface area (Å²) in [5.41, 5.74) is 0.191. The van der Waals surface area contributed by atoms with E-state index in [1.807, 2.05) is 82.3 Å². The van der Waals surface area contributed by atoms with Crippen LogP contribution in [0, 0.1) is 0 Å². The fourth-order valence-corrected chi connectivity index (χ4v) is 2.68. The zero-order valence-electron chi connectivity index (χ0n) is 18.2. The van der Waals surface area contributed by atoms with Crippen molar-refractivity contribution in [2.24, 2.45) is 0 Å². The van der Waals surface area contributed by atoms with Gasteiger partial charge in [0.25, 0.3) is 0 Å². The number of benzene rings is 4. The molecule has 0 fully saturated rings. The lowest BCUT2D eigenvalue weighted by molar-refractivity contribution is 0.0597. The van der Waals surface area contributed by atoms with Gasteiger partial charge in [-0.25, -0.2) is 4.79 Å². The second kappa shape index (κ2) is 12.8. The van der Waals surface area contributed by atoms with Crippen LogP contribution in [0.25, 0.3) is 21.5 Å². The molecule has 4 rings (SSSR count). The molecular weight excluding hydrogens is 376 g/mol. The van der Waals surface area contributed by atoms with Gasteiger partial charge in [-0.05, 0) is 45.8 Å². The molecular formula is C26H30O4. The highest BCUT2D eigenvalue weighted by molar-refractivity contribution is 5.98. The average Bonchev–Trinajstić information content (AvgIpc) is 2.81. The number of rotatable bonds is 1. The number of methoxy groups -OCH3 is 1. The average molecular weight is 407 g/mol. The number of aromatic hydroxyl groups is 2. The monoisotopic (exact) mass is 406 g/mol. The summed E-state index contributed by atoms with van der Waals surface area (Å²) in [6, 6.07) is 24.0. The van der Waals surface area contributed by atoms with E-state index in [1.54, 1.807) is 24.3 Å². The van der Waals surface area contributed by atoms with Gasteiger partial charge in [-0.15, -0.1) is 0 Å². The fraction of sp³-hybridized carbons (Fsp3) is 0.192. The first kappa shape index (κ1) is 24.5. The molecule has 4 nitrogen and oxygen atoms in total. The summed E-state index contributed by atoms with van der Waals surface area (Å²) in [5, 5.41) is 22.8. The summed E-state index contributed by atoms with van der Waals surface area (Å²) < 4.78 is 4.57. The quantitative estimate of drug-likeness (QED) is 0.336. The third kappa shape index (κ3) is 6.52. The number of carbonyl (C=O) groups is 1. The molecule has 0 aliphatic heterocycles. The predicted octanol–water partition coefficient (Wildman–Crippen LogP) is 6.93. The maximum Gasteiger partial charge on any atom is 0.341 e. The highest BCUT2D eigenvalue weighted by Gasteiger charge is 2.11. The van der Waals surface area contributed by atoms with Gasteiger partial charge < -0.3 is 14.9 Å². The molecule has 0 bridgehead atoms. The Labute approximate surface area is 178 Å². The minimum absolute atomic E-state index is 0.0550. The summed E-state index contributed by atoms with van der Waals surface area (Å²) in [6.07, 6.45) is 0. The number of hydrogen-bond donors (Lipinski definition) is 2. The van der Waals surface area contributed by atoms with E-state index in [1.165, 1.54) is 7.11 Å². The Balaban J connectivity index is 0.000000265. The van der Waals surface area contributed by atoms with E-state index < -0.39 is 5.97 Å². The zero-order chi connectivity index (χ0) is 22.5.